The number of rotatable bonds is 6. The van der Waals surface area contributed by atoms with E-state index in [4.69, 9.17) is 9.15 Å². The minimum Gasteiger partial charge on any atom is -0.504 e. The van der Waals surface area contributed by atoms with E-state index >= 15 is 0 Å². The van der Waals surface area contributed by atoms with Crippen molar-refractivity contribution in [1.29, 1.82) is 0 Å². The van der Waals surface area contributed by atoms with Crippen LogP contribution in [-0.2, 0) is 4.79 Å². The molecule has 0 saturated heterocycles. The molecule has 2 aromatic carbocycles. The summed E-state index contributed by atoms with van der Waals surface area (Å²) in [6.07, 6.45) is 0.154. The van der Waals surface area contributed by atoms with Gasteiger partial charge in [0.05, 0.1) is 6.42 Å². The van der Waals surface area contributed by atoms with E-state index in [0.29, 0.717) is 16.9 Å². The van der Waals surface area contributed by atoms with Gasteiger partial charge < -0.3 is 14.3 Å². The number of hydrogen-bond acceptors (Lipinski definition) is 7. The fourth-order valence-corrected chi connectivity index (χ4v) is 2.74. The van der Waals surface area contributed by atoms with Gasteiger partial charge in [-0.2, -0.15) is 0 Å². The molecule has 0 radical (unpaired) electrons. The third-order valence-corrected chi connectivity index (χ3v) is 4.12. The summed E-state index contributed by atoms with van der Waals surface area (Å²) in [7, 11) is 0. The monoisotopic (exact) mass is 356 g/mol. The fourth-order valence-electron chi connectivity index (χ4n) is 2.06. The molecule has 1 heterocycles. The zero-order valence-corrected chi connectivity index (χ0v) is 14.3. The smallest absolute Gasteiger partial charge is 0.312 e. The van der Waals surface area contributed by atoms with Gasteiger partial charge in [-0.25, -0.2) is 0 Å². The van der Waals surface area contributed by atoms with Crippen LogP contribution >= 0.6 is 11.8 Å². The summed E-state index contributed by atoms with van der Waals surface area (Å²) >= 11 is 1.28. The Bertz CT molecular complexity index is 865. The second-order valence-electron chi connectivity index (χ2n) is 5.28. The molecule has 6 nitrogen and oxygen atoms in total. The van der Waals surface area contributed by atoms with Crippen LogP contribution in [0.3, 0.4) is 0 Å². The second-order valence-corrected chi connectivity index (χ2v) is 6.33. The number of nitrogens with zero attached hydrogens (tertiary/aromatic N) is 2. The predicted octanol–water partition coefficient (Wildman–Crippen LogP) is 3.84. The number of carbonyl (C=O) groups excluding carboxylic acids is 1. The molecule has 3 aromatic rings. The lowest BCUT2D eigenvalue weighted by Gasteiger charge is -2.06. The molecular formula is C18H16N2O4S. The summed E-state index contributed by atoms with van der Waals surface area (Å²) in [5, 5.41) is 18.0. The number of phenols is 1. The first-order chi connectivity index (χ1) is 12.1. The number of hydrogen-bond donors (Lipinski definition) is 1. The Morgan fingerprint density at radius 3 is 2.80 bits per heavy atom. The number of carbonyl (C=O) groups is 1. The number of phenolic OH excluding ortho intramolecular Hbond substituents is 1. The standard InChI is InChI=1S/C18H16N2O4S/c1-12-7-8-14(21)15(11-12)23-16(22)9-10-25-18-20-19-17(24-18)13-5-3-2-4-6-13/h2-8,11,21H,9-10H2,1H3. The molecule has 0 fully saturated rings. The number of aryl methyl sites for hydroxylation is 1. The van der Waals surface area contributed by atoms with E-state index < -0.39 is 5.97 Å². The van der Waals surface area contributed by atoms with Crippen LogP contribution in [-0.4, -0.2) is 27.0 Å². The van der Waals surface area contributed by atoms with Crippen molar-refractivity contribution in [3.8, 4) is 23.0 Å². The van der Waals surface area contributed by atoms with Crippen LogP contribution < -0.4 is 4.74 Å². The molecule has 1 aromatic heterocycles. The maximum atomic E-state index is 11.9. The first-order valence-electron chi connectivity index (χ1n) is 7.64. The van der Waals surface area contributed by atoms with E-state index in [1.54, 1.807) is 12.1 Å². The molecule has 25 heavy (non-hydrogen) atoms. The molecule has 0 spiro atoms. The van der Waals surface area contributed by atoms with E-state index in [2.05, 4.69) is 10.2 Å². The van der Waals surface area contributed by atoms with Crippen molar-refractivity contribution in [2.24, 2.45) is 0 Å². The van der Waals surface area contributed by atoms with Gasteiger partial charge in [-0.3, -0.25) is 4.79 Å². The molecule has 7 heteroatoms. The summed E-state index contributed by atoms with van der Waals surface area (Å²) in [6.45, 7) is 1.85. The van der Waals surface area contributed by atoms with Crippen molar-refractivity contribution in [1.82, 2.24) is 10.2 Å². The van der Waals surface area contributed by atoms with Gasteiger partial charge >= 0.3 is 5.97 Å². The lowest BCUT2D eigenvalue weighted by atomic mass is 10.2. The van der Waals surface area contributed by atoms with Gasteiger partial charge in [0.25, 0.3) is 5.22 Å². The van der Waals surface area contributed by atoms with Crippen molar-refractivity contribution >= 4 is 17.7 Å². The minimum atomic E-state index is -0.434. The van der Waals surface area contributed by atoms with Gasteiger partial charge in [0.15, 0.2) is 11.5 Å². The quantitative estimate of drug-likeness (QED) is 0.408. The molecule has 0 aliphatic carbocycles. The maximum Gasteiger partial charge on any atom is 0.312 e. The molecule has 0 bridgehead atoms. The van der Waals surface area contributed by atoms with Crippen LogP contribution in [0, 0.1) is 6.92 Å². The molecular weight excluding hydrogens is 340 g/mol. The number of ether oxygens (including phenoxy) is 1. The van der Waals surface area contributed by atoms with Crippen LogP contribution in [0.1, 0.15) is 12.0 Å². The minimum absolute atomic E-state index is 0.0593. The average Bonchev–Trinajstić information content (AvgIpc) is 3.08. The molecule has 3 rings (SSSR count). The summed E-state index contributed by atoms with van der Waals surface area (Å²) in [5.74, 6) is 0.545. The van der Waals surface area contributed by atoms with Gasteiger partial charge in [-0.15, -0.1) is 10.2 Å². The van der Waals surface area contributed by atoms with Crippen LogP contribution in [0.4, 0.5) is 0 Å². The van der Waals surface area contributed by atoms with Gasteiger partial charge in [0.1, 0.15) is 0 Å². The molecule has 1 N–H and O–H groups in total. The van der Waals surface area contributed by atoms with E-state index in [0.717, 1.165) is 11.1 Å². The zero-order chi connectivity index (χ0) is 17.6. The summed E-state index contributed by atoms with van der Waals surface area (Å²) in [6, 6.07) is 14.3. The molecule has 0 aliphatic rings. The van der Waals surface area contributed by atoms with Gasteiger partial charge in [0.2, 0.25) is 5.89 Å². The summed E-state index contributed by atoms with van der Waals surface area (Å²) in [5.41, 5.74) is 1.74. The number of esters is 1. The SMILES string of the molecule is Cc1ccc(O)c(OC(=O)CCSc2nnc(-c3ccccc3)o2)c1. The highest BCUT2D eigenvalue weighted by atomic mass is 32.2. The Morgan fingerprint density at radius 2 is 2.00 bits per heavy atom. The van der Waals surface area contributed by atoms with Crippen molar-refractivity contribution in [2.75, 3.05) is 5.75 Å². The number of thioether (sulfide) groups is 1. The third-order valence-electron chi connectivity index (χ3n) is 3.30. The van der Waals surface area contributed by atoms with E-state index in [1.165, 1.54) is 17.8 Å². The summed E-state index contributed by atoms with van der Waals surface area (Å²) < 4.78 is 10.7. The molecule has 0 amide bonds. The average molecular weight is 356 g/mol. The van der Waals surface area contributed by atoms with E-state index in [-0.39, 0.29) is 17.9 Å². The number of aromatic nitrogens is 2. The van der Waals surface area contributed by atoms with E-state index in [1.807, 2.05) is 37.3 Å². The van der Waals surface area contributed by atoms with Crippen molar-refractivity contribution in [2.45, 2.75) is 18.6 Å². The van der Waals surface area contributed by atoms with Crippen LogP contribution in [0.15, 0.2) is 58.2 Å². The van der Waals surface area contributed by atoms with Crippen molar-refractivity contribution in [3.63, 3.8) is 0 Å². The second kappa shape index (κ2) is 7.85. The Balaban J connectivity index is 1.50. The fraction of sp³-hybridized carbons (Fsp3) is 0.167. The Morgan fingerprint density at radius 1 is 1.20 bits per heavy atom. The molecule has 0 atom stereocenters. The van der Waals surface area contributed by atoms with Crippen LogP contribution in [0.25, 0.3) is 11.5 Å². The van der Waals surface area contributed by atoms with Gasteiger partial charge in [0, 0.05) is 11.3 Å². The van der Waals surface area contributed by atoms with Gasteiger partial charge in [-0.05, 0) is 36.8 Å². The predicted molar refractivity (Wildman–Crippen MR) is 93.6 cm³/mol. The third kappa shape index (κ3) is 4.60. The van der Waals surface area contributed by atoms with Crippen LogP contribution in [0.2, 0.25) is 0 Å². The molecule has 128 valence electrons. The topological polar surface area (TPSA) is 85.5 Å². The highest BCUT2D eigenvalue weighted by molar-refractivity contribution is 7.99. The maximum absolute atomic E-state index is 11.9. The van der Waals surface area contributed by atoms with Crippen molar-refractivity contribution < 1.29 is 19.1 Å². The van der Waals surface area contributed by atoms with Gasteiger partial charge in [-0.1, -0.05) is 36.0 Å². The Labute approximate surface area is 148 Å². The lowest BCUT2D eigenvalue weighted by molar-refractivity contribution is -0.134. The highest BCUT2D eigenvalue weighted by Gasteiger charge is 2.12. The first kappa shape index (κ1) is 17.0. The Hall–Kier alpha value is -2.80. The first-order valence-corrected chi connectivity index (χ1v) is 8.62. The molecule has 0 unspecified atom stereocenters. The number of aromatic hydroxyl groups is 1. The highest BCUT2D eigenvalue weighted by Crippen LogP contribution is 2.27. The van der Waals surface area contributed by atoms with Crippen LogP contribution in [0.5, 0.6) is 11.5 Å². The number of benzene rings is 2. The zero-order valence-electron chi connectivity index (χ0n) is 13.5. The molecule has 0 saturated carbocycles. The largest absolute Gasteiger partial charge is 0.504 e. The lowest BCUT2D eigenvalue weighted by Crippen LogP contribution is -2.09. The van der Waals surface area contributed by atoms with Crippen molar-refractivity contribution in [3.05, 3.63) is 54.1 Å². The normalized spacial score (nSPS) is 10.6. The summed E-state index contributed by atoms with van der Waals surface area (Å²) in [4.78, 5) is 11.9. The Kier molecular flexibility index (Phi) is 5.35. The van der Waals surface area contributed by atoms with E-state index in [9.17, 15) is 9.90 Å². The molecule has 0 aliphatic heterocycles.